The van der Waals surface area contributed by atoms with E-state index in [1.165, 1.54) is 26.4 Å². The Labute approximate surface area is 195 Å². The van der Waals surface area contributed by atoms with Crippen LogP contribution in [0.5, 0.6) is 11.5 Å². The molecular weight excluding hydrogens is 440 g/mol. The van der Waals surface area contributed by atoms with Gasteiger partial charge in [0, 0.05) is 12.6 Å². The summed E-state index contributed by atoms with van der Waals surface area (Å²) in [5.41, 5.74) is 3.13. The summed E-state index contributed by atoms with van der Waals surface area (Å²) in [5, 5.41) is 2.82. The van der Waals surface area contributed by atoms with Crippen molar-refractivity contribution in [2.45, 2.75) is 25.3 Å². The van der Waals surface area contributed by atoms with Gasteiger partial charge in [-0.1, -0.05) is 42.0 Å². The summed E-state index contributed by atoms with van der Waals surface area (Å²) < 4.78 is 39.0. The zero-order chi connectivity index (χ0) is 24.0. The van der Waals surface area contributed by atoms with Crippen molar-refractivity contribution >= 4 is 21.6 Å². The maximum absolute atomic E-state index is 13.6. The number of benzene rings is 3. The first-order valence-electron chi connectivity index (χ1n) is 10.4. The van der Waals surface area contributed by atoms with Crippen LogP contribution in [-0.2, 0) is 21.4 Å². The first-order valence-corrected chi connectivity index (χ1v) is 11.8. The molecule has 33 heavy (non-hydrogen) atoms. The highest BCUT2D eigenvalue weighted by Crippen LogP contribution is 2.35. The van der Waals surface area contributed by atoms with Gasteiger partial charge in [-0.25, -0.2) is 8.42 Å². The van der Waals surface area contributed by atoms with Gasteiger partial charge in [-0.15, -0.1) is 0 Å². The Morgan fingerprint density at radius 1 is 0.939 bits per heavy atom. The Morgan fingerprint density at radius 3 is 2.27 bits per heavy atom. The molecule has 0 spiro atoms. The second-order valence-electron chi connectivity index (χ2n) is 7.57. The van der Waals surface area contributed by atoms with Crippen molar-refractivity contribution < 1.29 is 22.7 Å². The standard InChI is InChI=1S/C25H28N2O5S/c1-18-9-12-22(13-10-18)33(29,30)27(23-15-21(31-3)11-14-24(23)32-4)17-25(28)26-16-20-8-6-5-7-19(20)2/h5-15H,16-17H2,1-4H3,(H,26,28). The van der Waals surface area contributed by atoms with Crippen molar-refractivity contribution in [3.05, 3.63) is 83.4 Å². The quantitative estimate of drug-likeness (QED) is 0.516. The molecule has 0 aliphatic carbocycles. The summed E-state index contributed by atoms with van der Waals surface area (Å²) >= 11 is 0. The maximum Gasteiger partial charge on any atom is 0.264 e. The van der Waals surface area contributed by atoms with Crippen LogP contribution in [0.25, 0.3) is 0 Å². The van der Waals surface area contributed by atoms with Gasteiger partial charge in [0.25, 0.3) is 10.0 Å². The number of carbonyl (C=O) groups is 1. The van der Waals surface area contributed by atoms with Gasteiger partial charge in [-0.3, -0.25) is 9.10 Å². The first kappa shape index (κ1) is 24.1. The van der Waals surface area contributed by atoms with Crippen LogP contribution in [0.15, 0.2) is 71.6 Å². The van der Waals surface area contributed by atoms with E-state index in [0.29, 0.717) is 18.0 Å². The number of ether oxygens (including phenoxy) is 2. The molecule has 0 fully saturated rings. The zero-order valence-electron chi connectivity index (χ0n) is 19.2. The van der Waals surface area contributed by atoms with Crippen molar-refractivity contribution in [3.63, 3.8) is 0 Å². The summed E-state index contributed by atoms with van der Waals surface area (Å²) in [5.74, 6) is 0.298. The molecule has 7 nitrogen and oxygen atoms in total. The Morgan fingerprint density at radius 2 is 1.64 bits per heavy atom. The van der Waals surface area contributed by atoms with Crippen molar-refractivity contribution in [3.8, 4) is 11.5 Å². The van der Waals surface area contributed by atoms with Crippen LogP contribution in [-0.4, -0.2) is 35.1 Å². The molecule has 1 N–H and O–H groups in total. The highest BCUT2D eigenvalue weighted by molar-refractivity contribution is 7.92. The van der Waals surface area contributed by atoms with Crippen LogP contribution in [0.1, 0.15) is 16.7 Å². The number of rotatable bonds is 9. The highest BCUT2D eigenvalue weighted by Gasteiger charge is 2.30. The van der Waals surface area contributed by atoms with Gasteiger partial charge in [0.1, 0.15) is 18.0 Å². The van der Waals surface area contributed by atoms with Gasteiger partial charge in [-0.2, -0.15) is 0 Å². The number of methoxy groups -OCH3 is 2. The van der Waals surface area contributed by atoms with Crippen molar-refractivity contribution in [2.24, 2.45) is 0 Å². The number of nitrogens with zero attached hydrogens (tertiary/aromatic N) is 1. The molecule has 0 bridgehead atoms. The molecule has 0 radical (unpaired) electrons. The number of amides is 1. The Kier molecular flexibility index (Phi) is 7.60. The van der Waals surface area contributed by atoms with E-state index in [9.17, 15) is 13.2 Å². The molecule has 0 aliphatic rings. The molecule has 0 aromatic heterocycles. The van der Waals surface area contributed by atoms with Crippen LogP contribution < -0.4 is 19.1 Å². The van der Waals surface area contributed by atoms with Crippen LogP contribution in [0.2, 0.25) is 0 Å². The molecule has 0 heterocycles. The fourth-order valence-corrected chi connectivity index (χ4v) is 4.74. The molecule has 174 valence electrons. The average molecular weight is 469 g/mol. The van der Waals surface area contributed by atoms with E-state index in [1.807, 2.05) is 38.1 Å². The second kappa shape index (κ2) is 10.4. The number of anilines is 1. The van der Waals surface area contributed by atoms with E-state index in [-0.39, 0.29) is 10.6 Å². The fraction of sp³-hybridized carbons (Fsp3) is 0.240. The Balaban J connectivity index is 1.98. The van der Waals surface area contributed by atoms with Gasteiger partial charge in [0.15, 0.2) is 0 Å². The minimum atomic E-state index is -4.08. The zero-order valence-corrected chi connectivity index (χ0v) is 20.0. The number of hydrogen-bond acceptors (Lipinski definition) is 5. The van der Waals surface area contributed by atoms with Crippen molar-refractivity contribution in [2.75, 3.05) is 25.1 Å². The molecule has 0 atom stereocenters. The third kappa shape index (κ3) is 5.64. The molecule has 0 unspecified atom stereocenters. The monoisotopic (exact) mass is 468 g/mol. The normalized spacial score (nSPS) is 11.0. The molecule has 3 aromatic rings. The summed E-state index contributed by atoms with van der Waals surface area (Å²) in [4.78, 5) is 13.0. The summed E-state index contributed by atoms with van der Waals surface area (Å²) in [6, 6.07) is 19.0. The lowest BCUT2D eigenvalue weighted by Gasteiger charge is -2.26. The third-order valence-electron chi connectivity index (χ3n) is 5.29. The van der Waals surface area contributed by atoms with E-state index in [1.54, 1.807) is 30.3 Å². The largest absolute Gasteiger partial charge is 0.497 e. The summed E-state index contributed by atoms with van der Waals surface area (Å²) in [7, 11) is -1.15. The molecule has 0 aliphatic heterocycles. The van der Waals surface area contributed by atoms with Crippen LogP contribution >= 0.6 is 0 Å². The van der Waals surface area contributed by atoms with Gasteiger partial charge >= 0.3 is 0 Å². The van der Waals surface area contributed by atoms with E-state index in [2.05, 4.69) is 5.32 Å². The number of nitrogens with one attached hydrogen (secondary N) is 1. The lowest BCUT2D eigenvalue weighted by Crippen LogP contribution is -2.41. The van der Waals surface area contributed by atoms with Crippen LogP contribution in [0.4, 0.5) is 5.69 Å². The lowest BCUT2D eigenvalue weighted by molar-refractivity contribution is -0.119. The summed E-state index contributed by atoms with van der Waals surface area (Å²) in [6.07, 6.45) is 0. The number of aryl methyl sites for hydroxylation is 2. The van der Waals surface area contributed by atoms with Gasteiger partial charge in [-0.05, 0) is 49.2 Å². The van der Waals surface area contributed by atoms with Crippen molar-refractivity contribution in [1.29, 1.82) is 0 Å². The second-order valence-corrected chi connectivity index (χ2v) is 9.43. The minimum absolute atomic E-state index is 0.0738. The predicted molar refractivity (Wildman–Crippen MR) is 128 cm³/mol. The third-order valence-corrected chi connectivity index (χ3v) is 7.06. The SMILES string of the molecule is COc1ccc(OC)c(N(CC(=O)NCc2ccccc2C)S(=O)(=O)c2ccc(C)cc2)c1. The number of hydrogen-bond donors (Lipinski definition) is 1. The van der Waals surface area contributed by atoms with Gasteiger partial charge in [0.05, 0.1) is 24.8 Å². The van der Waals surface area contributed by atoms with E-state index in [0.717, 1.165) is 21.0 Å². The molecule has 1 amide bonds. The number of carbonyl (C=O) groups excluding carboxylic acids is 1. The lowest BCUT2D eigenvalue weighted by atomic mass is 10.1. The van der Waals surface area contributed by atoms with Crippen LogP contribution in [0, 0.1) is 13.8 Å². The van der Waals surface area contributed by atoms with E-state index < -0.39 is 22.5 Å². The fourth-order valence-electron chi connectivity index (χ4n) is 3.32. The summed E-state index contributed by atoms with van der Waals surface area (Å²) in [6.45, 7) is 3.69. The maximum atomic E-state index is 13.6. The van der Waals surface area contributed by atoms with E-state index >= 15 is 0 Å². The first-order chi connectivity index (χ1) is 15.8. The number of sulfonamides is 1. The molecule has 0 saturated heterocycles. The smallest absolute Gasteiger partial charge is 0.264 e. The topological polar surface area (TPSA) is 84.9 Å². The highest BCUT2D eigenvalue weighted by atomic mass is 32.2. The Bertz CT molecular complexity index is 1220. The van der Waals surface area contributed by atoms with E-state index in [4.69, 9.17) is 9.47 Å². The van der Waals surface area contributed by atoms with Gasteiger partial charge in [0.2, 0.25) is 5.91 Å². The predicted octanol–water partition coefficient (Wildman–Crippen LogP) is 3.83. The minimum Gasteiger partial charge on any atom is -0.497 e. The Hall–Kier alpha value is -3.52. The molecule has 3 rings (SSSR count). The van der Waals surface area contributed by atoms with Crippen LogP contribution in [0.3, 0.4) is 0 Å². The van der Waals surface area contributed by atoms with Gasteiger partial charge < -0.3 is 14.8 Å². The van der Waals surface area contributed by atoms with Crippen molar-refractivity contribution in [1.82, 2.24) is 5.32 Å². The molecule has 0 saturated carbocycles. The molecular formula is C25H28N2O5S. The molecule has 8 heteroatoms. The average Bonchev–Trinajstić information content (AvgIpc) is 2.81. The molecule has 3 aromatic carbocycles.